The van der Waals surface area contributed by atoms with Gasteiger partial charge in [0, 0.05) is 6.42 Å². The van der Waals surface area contributed by atoms with Crippen LogP contribution in [0.3, 0.4) is 0 Å². The van der Waals surface area contributed by atoms with Gasteiger partial charge in [0.2, 0.25) is 0 Å². The first kappa shape index (κ1) is 15.5. The topological polar surface area (TPSA) is 37.3 Å². The average molecular weight is 225 g/mol. The molecule has 0 saturated heterocycles. The summed E-state index contributed by atoms with van der Waals surface area (Å²) in [6.45, 7) is 6.56. The molecule has 0 aromatic carbocycles. The molecule has 0 aromatic heterocycles. The van der Waals surface area contributed by atoms with E-state index in [-0.39, 0.29) is 0 Å². The molecule has 0 aliphatic carbocycles. The van der Waals surface area contributed by atoms with Gasteiger partial charge in [0.05, 0.1) is 0 Å². The Bertz CT molecular complexity index is 103. The van der Waals surface area contributed by atoms with E-state index in [1.165, 1.54) is 10.3 Å². The molecular weight excluding hydrogens is 203 g/mol. The number of aliphatic carboxylic acids is 1. The van der Waals surface area contributed by atoms with Crippen molar-refractivity contribution in [3.8, 4) is 0 Å². The summed E-state index contributed by atoms with van der Waals surface area (Å²) >= 11 is 0.743. The van der Waals surface area contributed by atoms with Gasteiger partial charge in [0.25, 0.3) is 0 Å². The van der Waals surface area contributed by atoms with Gasteiger partial charge in [0.1, 0.15) is 0 Å². The van der Waals surface area contributed by atoms with E-state index < -0.39 is 5.97 Å². The fourth-order valence-corrected chi connectivity index (χ4v) is 1.45. The number of hydrogen-bond donors (Lipinski definition) is 1. The zero-order valence-electron chi connectivity index (χ0n) is 9.05. The maximum atomic E-state index is 9.87. The van der Waals surface area contributed by atoms with E-state index in [1.807, 2.05) is 0 Å². The standard InChI is InChI=1S/C6H12O2.2C2H5.V/c1-2-3-4-5-6(7)8;2*1-2;/h2-5H2,1H3,(H,7,8);2*1H2,2H3;. The average Bonchev–Trinajstić information content (AvgIpc) is 2.07. The molecule has 0 fully saturated rings. The van der Waals surface area contributed by atoms with Crippen LogP contribution >= 0.6 is 0 Å². The second-order valence-corrected chi connectivity index (χ2v) is 5.38. The van der Waals surface area contributed by atoms with Crippen LogP contribution < -0.4 is 0 Å². The van der Waals surface area contributed by atoms with Gasteiger partial charge in [-0.3, -0.25) is 4.79 Å². The van der Waals surface area contributed by atoms with Gasteiger partial charge in [-0.05, 0) is 6.42 Å². The monoisotopic (exact) mass is 225 g/mol. The number of rotatable bonds is 6. The number of hydrogen-bond acceptors (Lipinski definition) is 1. The Labute approximate surface area is 89.2 Å². The third-order valence-electron chi connectivity index (χ3n) is 1.44. The molecular formula is C10H22O2V. The van der Waals surface area contributed by atoms with E-state index in [0.717, 1.165) is 35.6 Å². The molecule has 79 valence electrons. The van der Waals surface area contributed by atoms with Crippen LogP contribution in [0.5, 0.6) is 0 Å². The molecule has 0 radical (unpaired) electrons. The van der Waals surface area contributed by atoms with E-state index in [4.69, 9.17) is 5.11 Å². The Morgan fingerprint density at radius 1 is 1.15 bits per heavy atom. The molecule has 0 saturated carbocycles. The van der Waals surface area contributed by atoms with Gasteiger partial charge in [-0.25, -0.2) is 0 Å². The minimum atomic E-state index is -0.682. The first-order chi connectivity index (χ1) is 6.18. The van der Waals surface area contributed by atoms with Crippen molar-refractivity contribution < 1.29 is 26.2 Å². The quantitative estimate of drug-likeness (QED) is 0.701. The molecule has 3 heteroatoms. The normalized spacial score (nSPS) is 8.54. The molecule has 0 atom stereocenters. The number of carboxylic acid groups (broad SMARTS) is 1. The Morgan fingerprint density at radius 3 is 1.92 bits per heavy atom. The number of unbranched alkanes of at least 4 members (excludes halogenated alkanes) is 2. The Kier molecular flexibility index (Phi) is 17.4. The Balaban J connectivity index is 0. The molecule has 2 nitrogen and oxygen atoms in total. The van der Waals surface area contributed by atoms with Crippen molar-refractivity contribution in [3.63, 3.8) is 0 Å². The summed E-state index contributed by atoms with van der Waals surface area (Å²) in [5, 5.41) is 11.0. The SMILES string of the molecule is CCCCCC(=O)O.C[CH2][V][CH2]C. The molecule has 0 aliphatic rings. The maximum absolute atomic E-state index is 9.87. The molecule has 0 unspecified atom stereocenters. The minimum absolute atomic E-state index is 0.327. The summed E-state index contributed by atoms with van der Waals surface area (Å²) < 4.78 is 0. The second-order valence-electron chi connectivity index (χ2n) is 2.71. The van der Waals surface area contributed by atoms with Gasteiger partial charge in [0.15, 0.2) is 0 Å². The first-order valence-corrected chi connectivity index (χ1v) is 7.01. The molecule has 0 aliphatic heterocycles. The van der Waals surface area contributed by atoms with Crippen LogP contribution in [0.2, 0.25) is 10.3 Å². The van der Waals surface area contributed by atoms with Crippen molar-refractivity contribution in [2.45, 2.75) is 56.7 Å². The first-order valence-electron chi connectivity index (χ1n) is 5.04. The van der Waals surface area contributed by atoms with E-state index in [2.05, 4.69) is 20.8 Å². The molecule has 0 rings (SSSR count). The molecule has 0 heterocycles. The summed E-state index contributed by atoms with van der Waals surface area (Å²) in [5.41, 5.74) is 0. The van der Waals surface area contributed by atoms with Crippen LogP contribution in [-0.2, 0) is 21.1 Å². The molecule has 1 N–H and O–H groups in total. The number of carbonyl (C=O) groups is 1. The predicted molar refractivity (Wildman–Crippen MR) is 52.7 cm³/mol. The second kappa shape index (κ2) is 14.6. The third-order valence-corrected chi connectivity index (χ3v) is 2.84. The molecule has 0 bridgehead atoms. The molecule has 0 amide bonds. The van der Waals surface area contributed by atoms with Crippen LogP contribution in [-0.4, -0.2) is 11.1 Å². The van der Waals surface area contributed by atoms with Gasteiger partial charge < -0.3 is 5.11 Å². The Hall–Kier alpha value is 0.0544. The van der Waals surface area contributed by atoms with Gasteiger partial charge in [-0.2, -0.15) is 0 Å². The molecule has 13 heavy (non-hydrogen) atoms. The van der Waals surface area contributed by atoms with Crippen molar-refractivity contribution in [3.05, 3.63) is 0 Å². The predicted octanol–water partition coefficient (Wildman–Crippen LogP) is 3.60. The fourth-order valence-electron chi connectivity index (χ4n) is 0.750. The van der Waals surface area contributed by atoms with Crippen LogP contribution in [0, 0.1) is 0 Å². The van der Waals surface area contributed by atoms with E-state index >= 15 is 0 Å². The van der Waals surface area contributed by atoms with Crippen LogP contribution in [0.25, 0.3) is 0 Å². The van der Waals surface area contributed by atoms with E-state index in [0.29, 0.717) is 6.42 Å². The van der Waals surface area contributed by atoms with Gasteiger partial charge in [-0.1, -0.05) is 19.8 Å². The fraction of sp³-hybridized carbons (Fsp3) is 0.900. The zero-order valence-corrected chi connectivity index (χ0v) is 10.4. The van der Waals surface area contributed by atoms with Crippen LogP contribution in [0.1, 0.15) is 46.5 Å². The van der Waals surface area contributed by atoms with Crippen LogP contribution in [0.4, 0.5) is 0 Å². The molecule has 0 spiro atoms. The molecule has 0 aromatic rings. The van der Waals surface area contributed by atoms with Gasteiger partial charge >= 0.3 is 46.4 Å². The van der Waals surface area contributed by atoms with Gasteiger partial charge in [-0.15, -0.1) is 0 Å². The summed E-state index contributed by atoms with van der Waals surface area (Å²) in [4.78, 5) is 9.87. The zero-order chi connectivity index (χ0) is 10.5. The Morgan fingerprint density at radius 2 is 1.69 bits per heavy atom. The van der Waals surface area contributed by atoms with E-state index in [1.54, 1.807) is 0 Å². The summed E-state index contributed by atoms with van der Waals surface area (Å²) in [7, 11) is 0. The van der Waals surface area contributed by atoms with Crippen molar-refractivity contribution >= 4 is 5.97 Å². The third kappa shape index (κ3) is 24.5. The van der Waals surface area contributed by atoms with Crippen LogP contribution in [0.15, 0.2) is 0 Å². The van der Waals surface area contributed by atoms with Crippen molar-refractivity contribution in [1.82, 2.24) is 0 Å². The van der Waals surface area contributed by atoms with Crippen molar-refractivity contribution in [2.75, 3.05) is 0 Å². The number of carboxylic acids is 1. The van der Waals surface area contributed by atoms with Crippen molar-refractivity contribution in [2.24, 2.45) is 0 Å². The summed E-state index contributed by atoms with van der Waals surface area (Å²) in [6.07, 6.45) is 3.28. The van der Waals surface area contributed by atoms with Crippen molar-refractivity contribution in [1.29, 1.82) is 0 Å². The summed E-state index contributed by atoms with van der Waals surface area (Å²) in [5.74, 6) is -0.682. The summed E-state index contributed by atoms with van der Waals surface area (Å²) in [6, 6.07) is 0. The van der Waals surface area contributed by atoms with E-state index in [9.17, 15) is 4.79 Å².